The summed E-state index contributed by atoms with van der Waals surface area (Å²) in [4.78, 5) is 16.5. The maximum absolute atomic E-state index is 12.1. The van der Waals surface area contributed by atoms with Crippen molar-refractivity contribution in [1.29, 1.82) is 0 Å². The molecule has 2 rings (SSSR count). The molecule has 104 valence electrons. The Labute approximate surface area is 115 Å². The van der Waals surface area contributed by atoms with E-state index >= 15 is 0 Å². The molecule has 1 heterocycles. The van der Waals surface area contributed by atoms with Crippen LogP contribution in [-0.2, 0) is 17.6 Å². The van der Waals surface area contributed by atoms with Gasteiger partial charge in [-0.05, 0) is 30.9 Å². The van der Waals surface area contributed by atoms with Crippen LogP contribution in [0.4, 0.5) is 0 Å². The first-order valence-corrected chi connectivity index (χ1v) is 7.36. The first kappa shape index (κ1) is 14.2. The Bertz CT molecular complexity index is 419. The molecular weight excluding hydrogens is 236 g/mol. The zero-order chi connectivity index (χ0) is 13.7. The monoisotopic (exact) mass is 260 g/mol. The third-order valence-electron chi connectivity index (χ3n) is 4.07. The molecule has 1 saturated carbocycles. The van der Waals surface area contributed by atoms with Crippen molar-refractivity contribution in [2.24, 2.45) is 5.73 Å². The highest BCUT2D eigenvalue weighted by Crippen LogP contribution is 2.29. The first-order chi connectivity index (χ1) is 9.11. The minimum absolute atomic E-state index is 0.223. The zero-order valence-corrected chi connectivity index (χ0v) is 11.8. The highest BCUT2D eigenvalue weighted by Gasteiger charge is 2.29. The van der Waals surface area contributed by atoms with E-state index in [1.807, 2.05) is 12.3 Å². The van der Waals surface area contributed by atoms with Gasteiger partial charge in [-0.15, -0.1) is 0 Å². The Morgan fingerprint density at radius 1 is 1.32 bits per heavy atom. The van der Waals surface area contributed by atoms with Crippen LogP contribution < -0.4 is 5.73 Å². The molecule has 3 nitrogen and oxygen atoms in total. The van der Waals surface area contributed by atoms with Gasteiger partial charge in [-0.25, -0.2) is 0 Å². The van der Waals surface area contributed by atoms with E-state index in [-0.39, 0.29) is 11.3 Å². The Morgan fingerprint density at radius 2 is 2.05 bits per heavy atom. The summed E-state index contributed by atoms with van der Waals surface area (Å²) in [7, 11) is 0. The van der Waals surface area contributed by atoms with Crippen LogP contribution in [0.3, 0.4) is 0 Å². The minimum atomic E-state index is -0.251. The van der Waals surface area contributed by atoms with E-state index in [4.69, 9.17) is 5.73 Å². The fourth-order valence-corrected chi connectivity index (χ4v) is 2.86. The molecule has 1 aromatic heterocycles. The third-order valence-corrected chi connectivity index (χ3v) is 4.07. The van der Waals surface area contributed by atoms with Crippen LogP contribution in [0.1, 0.15) is 56.7 Å². The number of carbonyl (C=O) groups is 1. The van der Waals surface area contributed by atoms with Gasteiger partial charge in [-0.1, -0.05) is 32.3 Å². The molecule has 0 aromatic carbocycles. The second kappa shape index (κ2) is 6.29. The molecule has 0 radical (unpaired) electrons. The van der Waals surface area contributed by atoms with Crippen molar-refractivity contribution in [2.75, 3.05) is 0 Å². The lowest BCUT2D eigenvalue weighted by atomic mass is 9.78. The molecule has 2 N–H and O–H groups in total. The van der Waals surface area contributed by atoms with Crippen LogP contribution in [0, 0.1) is 0 Å². The van der Waals surface area contributed by atoms with Crippen molar-refractivity contribution in [1.82, 2.24) is 4.98 Å². The average molecular weight is 260 g/mol. The van der Waals surface area contributed by atoms with Crippen molar-refractivity contribution in [2.45, 2.75) is 63.8 Å². The molecule has 1 aliphatic rings. The van der Waals surface area contributed by atoms with E-state index in [1.54, 1.807) is 0 Å². The summed E-state index contributed by atoms with van der Waals surface area (Å²) >= 11 is 0. The normalized spacial score (nSPS) is 18.2. The van der Waals surface area contributed by atoms with Gasteiger partial charge in [0.15, 0.2) is 0 Å². The number of rotatable bonds is 5. The number of aromatic nitrogens is 1. The molecule has 19 heavy (non-hydrogen) atoms. The van der Waals surface area contributed by atoms with Gasteiger partial charge in [0.05, 0.1) is 0 Å². The third kappa shape index (κ3) is 4.13. The summed E-state index contributed by atoms with van der Waals surface area (Å²) in [6.07, 6.45) is 9.32. The molecule has 0 unspecified atom stereocenters. The highest BCUT2D eigenvalue weighted by atomic mass is 16.1. The molecule has 3 heteroatoms. The van der Waals surface area contributed by atoms with E-state index in [2.05, 4.69) is 18.0 Å². The van der Waals surface area contributed by atoms with Crippen LogP contribution >= 0.6 is 0 Å². The topological polar surface area (TPSA) is 56.0 Å². The van der Waals surface area contributed by atoms with E-state index in [1.165, 1.54) is 12.0 Å². The highest BCUT2D eigenvalue weighted by molar-refractivity contribution is 5.81. The molecule has 1 fully saturated rings. The zero-order valence-electron chi connectivity index (χ0n) is 11.8. The van der Waals surface area contributed by atoms with Crippen LogP contribution in [0.25, 0.3) is 0 Å². The molecule has 0 saturated heterocycles. The number of nitrogens with two attached hydrogens (primary N) is 1. The van der Waals surface area contributed by atoms with E-state index < -0.39 is 0 Å². The van der Waals surface area contributed by atoms with Gasteiger partial charge in [-0.2, -0.15) is 0 Å². The van der Waals surface area contributed by atoms with Crippen LogP contribution in [0.15, 0.2) is 18.3 Å². The Kier molecular flexibility index (Phi) is 4.70. The Balaban J connectivity index is 1.89. The minimum Gasteiger partial charge on any atom is -0.325 e. The number of nitrogens with zero attached hydrogens (tertiary/aromatic N) is 1. The van der Waals surface area contributed by atoms with E-state index in [0.29, 0.717) is 12.8 Å². The quantitative estimate of drug-likeness (QED) is 0.885. The number of aryl methyl sites for hydroxylation is 1. The maximum Gasteiger partial charge on any atom is 0.140 e. The standard InChI is InChI=1S/C16H24N2O/c1-2-13-6-7-14(18-12-13)10-15(19)11-16(17)8-4-3-5-9-16/h6-7,12H,2-5,8-11,17H2,1H3. The van der Waals surface area contributed by atoms with Crippen molar-refractivity contribution in [3.63, 3.8) is 0 Å². The predicted molar refractivity (Wildman–Crippen MR) is 76.9 cm³/mol. The van der Waals surface area contributed by atoms with Gasteiger partial charge in [0.1, 0.15) is 5.78 Å². The van der Waals surface area contributed by atoms with Crippen molar-refractivity contribution >= 4 is 5.78 Å². The number of pyridine rings is 1. The number of Topliss-reactive ketones (excluding diaryl/α,β-unsaturated/α-hetero) is 1. The number of hydrogen-bond donors (Lipinski definition) is 1. The first-order valence-electron chi connectivity index (χ1n) is 7.36. The molecule has 0 bridgehead atoms. The lowest BCUT2D eigenvalue weighted by molar-refractivity contribution is -0.119. The predicted octanol–water partition coefficient (Wildman–Crippen LogP) is 2.81. The lowest BCUT2D eigenvalue weighted by Gasteiger charge is -2.32. The van der Waals surface area contributed by atoms with Crippen molar-refractivity contribution in [3.8, 4) is 0 Å². The molecule has 0 spiro atoms. The molecule has 1 aromatic rings. The number of carbonyl (C=O) groups excluding carboxylic acids is 1. The summed E-state index contributed by atoms with van der Waals surface area (Å²) in [6, 6.07) is 4.01. The summed E-state index contributed by atoms with van der Waals surface area (Å²) in [5, 5.41) is 0. The van der Waals surface area contributed by atoms with Crippen LogP contribution in [0.2, 0.25) is 0 Å². The Morgan fingerprint density at radius 3 is 2.63 bits per heavy atom. The second-order valence-corrected chi connectivity index (χ2v) is 5.83. The van der Waals surface area contributed by atoms with E-state index in [9.17, 15) is 4.79 Å². The SMILES string of the molecule is CCc1ccc(CC(=O)CC2(N)CCCCC2)nc1. The van der Waals surface area contributed by atoms with E-state index in [0.717, 1.165) is 37.8 Å². The van der Waals surface area contributed by atoms with Crippen LogP contribution in [-0.4, -0.2) is 16.3 Å². The molecule has 0 amide bonds. The maximum atomic E-state index is 12.1. The van der Waals surface area contributed by atoms with Gasteiger partial charge in [0, 0.05) is 30.3 Å². The fourth-order valence-electron chi connectivity index (χ4n) is 2.86. The summed E-state index contributed by atoms with van der Waals surface area (Å²) < 4.78 is 0. The van der Waals surface area contributed by atoms with Crippen molar-refractivity contribution < 1.29 is 4.79 Å². The van der Waals surface area contributed by atoms with Gasteiger partial charge >= 0.3 is 0 Å². The lowest BCUT2D eigenvalue weighted by Crippen LogP contribution is -2.43. The largest absolute Gasteiger partial charge is 0.325 e. The van der Waals surface area contributed by atoms with Gasteiger partial charge in [-0.3, -0.25) is 9.78 Å². The van der Waals surface area contributed by atoms with Gasteiger partial charge < -0.3 is 5.73 Å². The van der Waals surface area contributed by atoms with Gasteiger partial charge in [0.25, 0.3) is 0 Å². The number of hydrogen-bond acceptors (Lipinski definition) is 3. The van der Waals surface area contributed by atoms with Crippen LogP contribution in [0.5, 0.6) is 0 Å². The summed E-state index contributed by atoms with van der Waals surface area (Å²) in [5.74, 6) is 0.223. The smallest absolute Gasteiger partial charge is 0.140 e. The number of ketones is 1. The molecule has 1 aliphatic carbocycles. The fraction of sp³-hybridized carbons (Fsp3) is 0.625. The molecular formula is C16H24N2O. The average Bonchev–Trinajstić information content (AvgIpc) is 2.39. The molecule has 0 aliphatic heterocycles. The summed E-state index contributed by atoms with van der Waals surface area (Å²) in [6.45, 7) is 2.10. The summed E-state index contributed by atoms with van der Waals surface area (Å²) in [5.41, 5.74) is 8.14. The Hall–Kier alpha value is -1.22. The van der Waals surface area contributed by atoms with Gasteiger partial charge in [0.2, 0.25) is 0 Å². The second-order valence-electron chi connectivity index (χ2n) is 5.83. The van der Waals surface area contributed by atoms with Crippen molar-refractivity contribution in [3.05, 3.63) is 29.6 Å². The molecule has 0 atom stereocenters.